The maximum absolute atomic E-state index is 3.79. The Labute approximate surface area is 227 Å². The Morgan fingerprint density at radius 3 is 1.65 bits per heavy atom. The third-order valence-corrected chi connectivity index (χ3v) is 10.4. The molecule has 0 spiro atoms. The number of benzene rings is 5. The van der Waals surface area contributed by atoms with Crippen molar-refractivity contribution in [1.29, 1.82) is 0 Å². The van der Waals surface area contributed by atoms with Crippen LogP contribution in [0.15, 0.2) is 102 Å². The Morgan fingerprint density at radius 2 is 1.03 bits per heavy atom. The van der Waals surface area contributed by atoms with Gasteiger partial charge >= 0.3 is 0 Å². The summed E-state index contributed by atoms with van der Waals surface area (Å²) in [5.74, 6) is 2.92. The van der Waals surface area contributed by atoms with Gasteiger partial charge in [-0.2, -0.15) is 0 Å². The molecular formula is C36H31Br. The van der Waals surface area contributed by atoms with Crippen LogP contribution in [0.5, 0.6) is 0 Å². The van der Waals surface area contributed by atoms with Crippen LogP contribution < -0.4 is 0 Å². The summed E-state index contributed by atoms with van der Waals surface area (Å²) in [6.07, 6.45) is 8.75. The summed E-state index contributed by atoms with van der Waals surface area (Å²) in [7, 11) is 0. The summed E-state index contributed by atoms with van der Waals surface area (Å²) in [6.45, 7) is 0. The highest BCUT2D eigenvalue weighted by molar-refractivity contribution is 9.10. The van der Waals surface area contributed by atoms with Gasteiger partial charge in [0.25, 0.3) is 0 Å². The van der Waals surface area contributed by atoms with Crippen molar-refractivity contribution in [3.05, 3.63) is 107 Å². The predicted molar refractivity (Wildman–Crippen MR) is 160 cm³/mol. The normalized spacial score (nSPS) is 26.2. The van der Waals surface area contributed by atoms with Crippen LogP contribution in [0, 0.1) is 17.8 Å². The molecule has 5 aromatic carbocycles. The van der Waals surface area contributed by atoms with E-state index in [2.05, 4.69) is 113 Å². The van der Waals surface area contributed by atoms with Crippen molar-refractivity contribution in [3.63, 3.8) is 0 Å². The van der Waals surface area contributed by atoms with Crippen molar-refractivity contribution in [2.45, 2.75) is 43.9 Å². The average Bonchev–Trinajstić information content (AvgIpc) is 2.91. The molecule has 37 heavy (non-hydrogen) atoms. The molecule has 0 aromatic heterocycles. The van der Waals surface area contributed by atoms with Gasteiger partial charge in [-0.1, -0.05) is 101 Å². The zero-order valence-electron chi connectivity index (χ0n) is 21.1. The highest BCUT2D eigenvalue weighted by atomic mass is 79.9. The van der Waals surface area contributed by atoms with Crippen LogP contribution in [-0.4, -0.2) is 0 Å². The minimum Gasteiger partial charge on any atom is -0.0622 e. The van der Waals surface area contributed by atoms with E-state index in [4.69, 9.17) is 0 Å². The number of fused-ring (bicyclic) bond motifs is 2. The monoisotopic (exact) mass is 542 g/mol. The van der Waals surface area contributed by atoms with Gasteiger partial charge in [-0.15, -0.1) is 0 Å². The largest absolute Gasteiger partial charge is 0.0622 e. The van der Waals surface area contributed by atoms with E-state index < -0.39 is 0 Å². The van der Waals surface area contributed by atoms with Gasteiger partial charge in [-0.05, 0) is 123 Å². The molecule has 5 aromatic rings. The first kappa shape index (κ1) is 22.1. The third kappa shape index (κ3) is 3.47. The van der Waals surface area contributed by atoms with Crippen LogP contribution in [0.3, 0.4) is 0 Å². The standard InChI is InChI=1S/C36H31Br/c37-29-14-15-32-33(19-29)35(31-9-5-4-8-30(31)34(32)26-6-2-1-3-7-26)27-10-12-28(13-11-27)36-20-23-16-24(21-36)18-25(17-23)22-36/h1-15,19,23-25H,16-18,20-22H2. The lowest BCUT2D eigenvalue weighted by atomic mass is 9.48. The van der Waals surface area contributed by atoms with Crippen molar-refractivity contribution in [1.82, 2.24) is 0 Å². The van der Waals surface area contributed by atoms with Gasteiger partial charge < -0.3 is 0 Å². The minimum atomic E-state index is 0.442. The maximum atomic E-state index is 3.79. The van der Waals surface area contributed by atoms with Crippen LogP contribution in [0.1, 0.15) is 44.1 Å². The van der Waals surface area contributed by atoms with Gasteiger partial charge in [-0.3, -0.25) is 0 Å². The van der Waals surface area contributed by atoms with Gasteiger partial charge in [0.15, 0.2) is 0 Å². The summed E-state index contributed by atoms with van der Waals surface area (Å²) in [5.41, 5.74) is 7.32. The average molecular weight is 544 g/mol. The summed E-state index contributed by atoms with van der Waals surface area (Å²) in [6, 6.07) is 36.5. The van der Waals surface area contributed by atoms with E-state index in [-0.39, 0.29) is 0 Å². The van der Waals surface area contributed by atoms with Crippen molar-refractivity contribution in [2.24, 2.45) is 17.8 Å². The lowest BCUT2D eigenvalue weighted by molar-refractivity contribution is -0.00518. The first-order chi connectivity index (χ1) is 18.2. The Balaban J connectivity index is 1.33. The van der Waals surface area contributed by atoms with Crippen LogP contribution in [0.2, 0.25) is 0 Å². The van der Waals surface area contributed by atoms with Crippen LogP contribution in [0.4, 0.5) is 0 Å². The number of hydrogen-bond acceptors (Lipinski definition) is 0. The van der Waals surface area contributed by atoms with Crippen LogP contribution in [0.25, 0.3) is 43.8 Å². The van der Waals surface area contributed by atoms with Crippen LogP contribution >= 0.6 is 15.9 Å². The molecule has 1 heteroatoms. The highest BCUT2D eigenvalue weighted by Crippen LogP contribution is 2.60. The molecule has 0 N–H and O–H groups in total. The number of halogens is 1. The molecule has 0 unspecified atom stereocenters. The zero-order chi connectivity index (χ0) is 24.6. The number of hydrogen-bond donors (Lipinski definition) is 0. The van der Waals surface area contributed by atoms with Crippen molar-refractivity contribution < 1.29 is 0 Å². The molecular weight excluding hydrogens is 512 g/mol. The van der Waals surface area contributed by atoms with Gasteiger partial charge in [-0.25, -0.2) is 0 Å². The van der Waals surface area contributed by atoms with Crippen molar-refractivity contribution in [3.8, 4) is 22.3 Å². The topological polar surface area (TPSA) is 0 Å². The van der Waals surface area contributed by atoms with Gasteiger partial charge in [0.2, 0.25) is 0 Å². The fourth-order valence-corrected chi connectivity index (χ4v) is 9.19. The number of rotatable bonds is 3. The van der Waals surface area contributed by atoms with Crippen molar-refractivity contribution in [2.75, 3.05) is 0 Å². The van der Waals surface area contributed by atoms with Gasteiger partial charge in [0.05, 0.1) is 0 Å². The Morgan fingerprint density at radius 1 is 0.514 bits per heavy atom. The predicted octanol–water partition coefficient (Wildman–Crippen LogP) is 10.6. The lowest BCUT2D eigenvalue weighted by Gasteiger charge is -2.57. The Hall–Kier alpha value is -2.90. The van der Waals surface area contributed by atoms with E-state index >= 15 is 0 Å². The van der Waals surface area contributed by atoms with E-state index in [1.165, 1.54) is 82.3 Å². The molecule has 0 nitrogen and oxygen atoms in total. The molecule has 4 aliphatic rings. The smallest absolute Gasteiger partial charge is 0.0181 e. The molecule has 0 amide bonds. The molecule has 4 aliphatic carbocycles. The lowest BCUT2D eigenvalue weighted by Crippen LogP contribution is -2.48. The summed E-state index contributed by atoms with van der Waals surface area (Å²) >= 11 is 3.79. The van der Waals surface area contributed by atoms with E-state index in [1.54, 1.807) is 5.56 Å². The molecule has 0 aliphatic heterocycles. The first-order valence-electron chi connectivity index (χ1n) is 14.0. The summed E-state index contributed by atoms with van der Waals surface area (Å²) < 4.78 is 1.13. The Bertz CT molecular complexity index is 1610. The molecule has 182 valence electrons. The minimum absolute atomic E-state index is 0.442. The van der Waals surface area contributed by atoms with E-state index in [0.717, 1.165) is 22.2 Å². The SMILES string of the molecule is Brc1ccc2c(-c3ccccc3)c3ccccc3c(-c3ccc(C45CC6CC(CC(C6)C4)C5)cc3)c2c1. The maximum Gasteiger partial charge on any atom is 0.0181 e. The first-order valence-corrected chi connectivity index (χ1v) is 14.8. The second-order valence-electron chi connectivity index (χ2n) is 12.1. The molecule has 0 atom stereocenters. The molecule has 0 heterocycles. The quantitative estimate of drug-likeness (QED) is 0.199. The summed E-state index contributed by atoms with van der Waals surface area (Å²) in [4.78, 5) is 0. The van der Waals surface area contributed by atoms with E-state index in [1.807, 2.05) is 0 Å². The van der Waals surface area contributed by atoms with Crippen molar-refractivity contribution >= 4 is 37.5 Å². The molecule has 4 bridgehead atoms. The van der Waals surface area contributed by atoms with Gasteiger partial charge in [0.1, 0.15) is 0 Å². The molecule has 4 saturated carbocycles. The third-order valence-electron chi connectivity index (χ3n) is 9.87. The second-order valence-corrected chi connectivity index (χ2v) is 13.0. The Kier molecular flexibility index (Phi) is 4.96. The molecule has 4 fully saturated rings. The van der Waals surface area contributed by atoms with Crippen LogP contribution in [-0.2, 0) is 5.41 Å². The fraction of sp³-hybridized carbons (Fsp3) is 0.278. The van der Waals surface area contributed by atoms with E-state index in [9.17, 15) is 0 Å². The fourth-order valence-electron chi connectivity index (χ4n) is 8.83. The second kappa shape index (κ2) is 8.30. The highest BCUT2D eigenvalue weighted by Gasteiger charge is 2.51. The molecule has 0 radical (unpaired) electrons. The zero-order valence-corrected chi connectivity index (χ0v) is 22.7. The molecule has 9 rings (SSSR count). The van der Waals surface area contributed by atoms with Gasteiger partial charge in [0, 0.05) is 4.47 Å². The summed E-state index contributed by atoms with van der Waals surface area (Å²) in [5, 5.41) is 5.28. The van der Waals surface area contributed by atoms with E-state index in [0.29, 0.717) is 5.41 Å². The molecule has 0 saturated heterocycles.